The molecule has 0 radical (unpaired) electrons. The minimum absolute atomic E-state index is 0.160. The molecule has 0 atom stereocenters. The number of halogens is 1. The molecule has 0 aliphatic heterocycles. The Morgan fingerprint density at radius 2 is 1.61 bits per heavy atom. The SMILES string of the molecule is Cc1ccc(S(=O)(=O)N(CC(=O)NCCCSCc2ccc(Cl)cc2)c2ccc(C(C)C)cc2)cc1. The number of hydrogen-bond donors (Lipinski definition) is 1. The van der Waals surface area contributed by atoms with E-state index < -0.39 is 10.0 Å². The van der Waals surface area contributed by atoms with E-state index in [0.717, 1.165) is 34.1 Å². The van der Waals surface area contributed by atoms with Gasteiger partial charge < -0.3 is 5.32 Å². The number of carbonyl (C=O) groups is 1. The normalized spacial score (nSPS) is 11.5. The van der Waals surface area contributed by atoms with Crippen molar-refractivity contribution in [3.63, 3.8) is 0 Å². The van der Waals surface area contributed by atoms with E-state index in [1.807, 2.05) is 43.3 Å². The Hall–Kier alpha value is -2.48. The molecule has 0 saturated heterocycles. The number of amides is 1. The minimum Gasteiger partial charge on any atom is -0.354 e. The van der Waals surface area contributed by atoms with Crippen LogP contribution in [0.3, 0.4) is 0 Å². The number of hydrogen-bond acceptors (Lipinski definition) is 4. The largest absolute Gasteiger partial charge is 0.354 e. The van der Waals surface area contributed by atoms with Crippen molar-refractivity contribution in [2.45, 2.75) is 43.8 Å². The number of nitrogens with zero attached hydrogens (tertiary/aromatic N) is 1. The van der Waals surface area contributed by atoms with Gasteiger partial charge in [-0.15, -0.1) is 0 Å². The van der Waals surface area contributed by atoms with Gasteiger partial charge in [-0.05, 0) is 72.5 Å². The molecule has 5 nitrogen and oxygen atoms in total. The highest BCUT2D eigenvalue weighted by atomic mass is 35.5. The van der Waals surface area contributed by atoms with Crippen LogP contribution in [0.2, 0.25) is 5.02 Å². The number of anilines is 1. The molecule has 0 unspecified atom stereocenters. The van der Waals surface area contributed by atoms with Gasteiger partial charge in [-0.2, -0.15) is 11.8 Å². The van der Waals surface area contributed by atoms with Crippen LogP contribution >= 0.6 is 23.4 Å². The zero-order chi connectivity index (χ0) is 26.1. The van der Waals surface area contributed by atoms with E-state index in [0.29, 0.717) is 18.2 Å². The van der Waals surface area contributed by atoms with Gasteiger partial charge in [0.2, 0.25) is 5.91 Å². The van der Waals surface area contributed by atoms with Crippen molar-refractivity contribution >= 4 is 45.0 Å². The molecule has 0 spiro atoms. The van der Waals surface area contributed by atoms with E-state index in [-0.39, 0.29) is 17.3 Å². The molecule has 1 amide bonds. The van der Waals surface area contributed by atoms with Crippen molar-refractivity contribution in [2.75, 3.05) is 23.1 Å². The summed E-state index contributed by atoms with van der Waals surface area (Å²) in [4.78, 5) is 12.9. The Labute approximate surface area is 224 Å². The van der Waals surface area contributed by atoms with Crippen molar-refractivity contribution < 1.29 is 13.2 Å². The van der Waals surface area contributed by atoms with Gasteiger partial charge >= 0.3 is 0 Å². The van der Waals surface area contributed by atoms with E-state index in [1.54, 1.807) is 48.2 Å². The molecule has 0 aliphatic carbocycles. The van der Waals surface area contributed by atoms with Gasteiger partial charge in [0.1, 0.15) is 6.54 Å². The summed E-state index contributed by atoms with van der Waals surface area (Å²) in [5, 5.41) is 3.60. The number of rotatable bonds is 12. The summed E-state index contributed by atoms with van der Waals surface area (Å²) in [5.41, 5.74) is 3.74. The molecule has 0 aliphatic rings. The maximum absolute atomic E-state index is 13.5. The molecule has 8 heteroatoms. The van der Waals surface area contributed by atoms with E-state index in [2.05, 4.69) is 19.2 Å². The number of aryl methyl sites for hydroxylation is 1. The van der Waals surface area contributed by atoms with Crippen LogP contribution in [-0.2, 0) is 20.6 Å². The highest BCUT2D eigenvalue weighted by Gasteiger charge is 2.27. The third kappa shape index (κ3) is 8.02. The summed E-state index contributed by atoms with van der Waals surface area (Å²) in [5.74, 6) is 1.74. The first-order valence-corrected chi connectivity index (χ1v) is 14.9. The number of nitrogens with one attached hydrogen (secondary N) is 1. The average molecular weight is 545 g/mol. The smallest absolute Gasteiger partial charge is 0.264 e. The Morgan fingerprint density at radius 1 is 0.972 bits per heavy atom. The van der Waals surface area contributed by atoms with Gasteiger partial charge in [-0.1, -0.05) is 67.4 Å². The fourth-order valence-electron chi connectivity index (χ4n) is 3.54. The molecule has 0 heterocycles. The van der Waals surface area contributed by atoms with Crippen LogP contribution in [0.1, 0.15) is 42.9 Å². The molecule has 0 bridgehead atoms. The second-order valence-corrected chi connectivity index (χ2v) is 12.4. The van der Waals surface area contributed by atoms with Crippen LogP contribution in [0, 0.1) is 6.92 Å². The molecule has 36 heavy (non-hydrogen) atoms. The molecule has 0 aromatic heterocycles. The van der Waals surface area contributed by atoms with Crippen molar-refractivity contribution in [3.05, 3.63) is 94.5 Å². The van der Waals surface area contributed by atoms with Crippen molar-refractivity contribution in [2.24, 2.45) is 0 Å². The van der Waals surface area contributed by atoms with Crippen LogP contribution in [0.15, 0.2) is 77.7 Å². The molecular weight excluding hydrogens is 512 g/mol. The molecule has 1 N–H and O–H groups in total. The van der Waals surface area contributed by atoms with E-state index in [4.69, 9.17) is 11.6 Å². The van der Waals surface area contributed by atoms with E-state index >= 15 is 0 Å². The molecule has 3 aromatic carbocycles. The second-order valence-electron chi connectivity index (χ2n) is 8.95. The van der Waals surface area contributed by atoms with E-state index in [9.17, 15) is 13.2 Å². The summed E-state index contributed by atoms with van der Waals surface area (Å²) in [6, 6.07) is 21.8. The average Bonchev–Trinajstić information content (AvgIpc) is 2.86. The highest BCUT2D eigenvalue weighted by molar-refractivity contribution is 7.98. The quantitative estimate of drug-likeness (QED) is 0.268. The Kier molecular flexibility index (Phi) is 10.3. The molecule has 3 rings (SSSR count). The number of thioether (sulfide) groups is 1. The second kappa shape index (κ2) is 13.2. The van der Waals surface area contributed by atoms with Gasteiger partial charge in [-0.25, -0.2) is 8.42 Å². The van der Waals surface area contributed by atoms with Crippen LogP contribution in [0.5, 0.6) is 0 Å². The van der Waals surface area contributed by atoms with Gasteiger partial charge in [-0.3, -0.25) is 9.10 Å². The van der Waals surface area contributed by atoms with Crippen molar-refractivity contribution in [1.29, 1.82) is 0 Å². The molecule has 0 fully saturated rings. The fourth-order valence-corrected chi connectivity index (χ4v) is 6.00. The summed E-state index contributed by atoms with van der Waals surface area (Å²) in [6.07, 6.45) is 0.789. The van der Waals surface area contributed by atoms with Gasteiger partial charge in [0.05, 0.1) is 10.6 Å². The van der Waals surface area contributed by atoms with Crippen LogP contribution in [0.4, 0.5) is 5.69 Å². The monoisotopic (exact) mass is 544 g/mol. The Balaban J connectivity index is 1.61. The molecular formula is C28H33ClN2O3S2. The predicted octanol–water partition coefficient (Wildman–Crippen LogP) is 6.41. The topological polar surface area (TPSA) is 66.5 Å². The zero-order valence-electron chi connectivity index (χ0n) is 20.9. The van der Waals surface area contributed by atoms with Crippen molar-refractivity contribution in [3.8, 4) is 0 Å². The summed E-state index contributed by atoms with van der Waals surface area (Å²) in [6.45, 7) is 6.26. The van der Waals surface area contributed by atoms with Gasteiger partial charge in [0, 0.05) is 17.3 Å². The molecule has 3 aromatic rings. The minimum atomic E-state index is -3.91. The third-order valence-corrected chi connectivity index (χ3v) is 8.87. The lowest BCUT2D eigenvalue weighted by molar-refractivity contribution is -0.119. The summed E-state index contributed by atoms with van der Waals surface area (Å²) >= 11 is 7.70. The summed E-state index contributed by atoms with van der Waals surface area (Å²) in [7, 11) is -3.91. The first kappa shape index (κ1) is 28.1. The first-order chi connectivity index (χ1) is 17.2. The first-order valence-electron chi connectivity index (χ1n) is 11.9. The lowest BCUT2D eigenvalue weighted by Gasteiger charge is -2.24. The van der Waals surface area contributed by atoms with Gasteiger partial charge in [0.25, 0.3) is 10.0 Å². The Bertz CT molecular complexity index is 1230. The molecule has 192 valence electrons. The van der Waals surface area contributed by atoms with Crippen LogP contribution in [-0.4, -0.2) is 33.2 Å². The third-order valence-electron chi connectivity index (χ3n) is 5.71. The standard InChI is InChI=1S/C28H33ClN2O3S2/c1-21(2)24-9-13-26(14-10-24)31(36(33,34)27-15-5-22(3)6-16-27)19-28(32)30-17-4-18-35-20-23-7-11-25(29)12-8-23/h5-16,21H,4,17-20H2,1-3H3,(H,30,32). The fraction of sp³-hybridized carbons (Fsp3) is 0.321. The summed E-state index contributed by atoms with van der Waals surface area (Å²) < 4.78 is 28.2. The number of benzene rings is 3. The van der Waals surface area contributed by atoms with E-state index in [1.165, 1.54) is 9.87 Å². The maximum Gasteiger partial charge on any atom is 0.264 e. The number of carbonyl (C=O) groups excluding carboxylic acids is 1. The van der Waals surface area contributed by atoms with Crippen molar-refractivity contribution in [1.82, 2.24) is 5.32 Å². The zero-order valence-corrected chi connectivity index (χ0v) is 23.3. The van der Waals surface area contributed by atoms with Crippen LogP contribution < -0.4 is 9.62 Å². The number of sulfonamides is 1. The predicted molar refractivity (Wildman–Crippen MR) is 151 cm³/mol. The lowest BCUT2D eigenvalue weighted by atomic mass is 10.0. The molecule has 0 saturated carbocycles. The maximum atomic E-state index is 13.5. The highest BCUT2D eigenvalue weighted by Crippen LogP contribution is 2.26. The van der Waals surface area contributed by atoms with Crippen LogP contribution in [0.25, 0.3) is 0 Å². The lowest BCUT2D eigenvalue weighted by Crippen LogP contribution is -2.41. The van der Waals surface area contributed by atoms with Gasteiger partial charge in [0.15, 0.2) is 0 Å². The Morgan fingerprint density at radius 3 is 2.22 bits per heavy atom.